The van der Waals surface area contributed by atoms with Crippen LogP contribution in [0.25, 0.3) is 0 Å². The number of aliphatic hydroxyl groups excluding tert-OH is 2. The van der Waals surface area contributed by atoms with E-state index < -0.39 is 6.10 Å². The minimum atomic E-state index is -0.507. The molecule has 114 valence electrons. The molecule has 0 aliphatic heterocycles. The summed E-state index contributed by atoms with van der Waals surface area (Å²) >= 11 is 0. The minimum absolute atomic E-state index is 0.0297. The van der Waals surface area contributed by atoms with Crippen LogP contribution in [-0.2, 0) is 5.41 Å². The number of aliphatic hydroxyl groups is 2. The fourth-order valence-corrected chi connectivity index (χ4v) is 2.26. The van der Waals surface area contributed by atoms with Gasteiger partial charge in [0.15, 0.2) is 0 Å². The maximum absolute atomic E-state index is 10.4. The summed E-state index contributed by atoms with van der Waals surface area (Å²) in [7, 11) is 0. The van der Waals surface area contributed by atoms with Crippen molar-refractivity contribution in [2.45, 2.75) is 58.1 Å². The van der Waals surface area contributed by atoms with Crippen molar-refractivity contribution in [2.75, 3.05) is 13.2 Å². The largest absolute Gasteiger partial charge is 0.396 e. The summed E-state index contributed by atoms with van der Waals surface area (Å²) in [5, 5.41) is 22.6. The number of rotatable bonds is 7. The molecule has 0 spiro atoms. The van der Waals surface area contributed by atoms with Crippen LogP contribution < -0.4 is 5.32 Å². The van der Waals surface area contributed by atoms with Gasteiger partial charge in [0.2, 0.25) is 0 Å². The molecule has 2 atom stereocenters. The highest BCUT2D eigenvalue weighted by Gasteiger charge is 2.19. The second kappa shape index (κ2) is 7.77. The molecule has 0 amide bonds. The van der Waals surface area contributed by atoms with Gasteiger partial charge in [0.25, 0.3) is 0 Å². The number of hydrogen-bond acceptors (Lipinski definition) is 3. The van der Waals surface area contributed by atoms with Crippen molar-refractivity contribution < 1.29 is 10.2 Å². The van der Waals surface area contributed by atoms with Crippen LogP contribution in [0, 0.1) is 0 Å². The predicted molar refractivity (Wildman–Crippen MR) is 83.9 cm³/mol. The molecule has 0 saturated carbocycles. The molecule has 0 aliphatic carbocycles. The lowest BCUT2D eigenvalue weighted by atomic mass is 9.86. The van der Waals surface area contributed by atoms with E-state index in [1.54, 1.807) is 0 Å². The molecule has 3 N–H and O–H groups in total. The Morgan fingerprint density at radius 2 is 1.75 bits per heavy atom. The van der Waals surface area contributed by atoms with Crippen molar-refractivity contribution in [2.24, 2.45) is 0 Å². The third kappa shape index (κ3) is 4.89. The molecule has 0 saturated heterocycles. The Balaban J connectivity index is 2.72. The Morgan fingerprint density at radius 1 is 1.15 bits per heavy atom. The van der Waals surface area contributed by atoms with Gasteiger partial charge in [-0.15, -0.1) is 0 Å². The molecule has 0 radical (unpaired) electrons. The van der Waals surface area contributed by atoms with Gasteiger partial charge in [-0.1, -0.05) is 52.0 Å². The summed E-state index contributed by atoms with van der Waals surface area (Å²) < 4.78 is 0. The van der Waals surface area contributed by atoms with E-state index in [0.29, 0.717) is 6.42 Å². The lowest BCUT2D eigenvalue weighted by Crippen LogP contribution is -2.35. The molecule has 0 bridgehead atoms. The van der Waals surface area contributed by atoms with Crippen LogP contribution in [0.1, 0.15) is 57.8 Å². The second-order valence-electron chi connectivity index (χ2n) is 6.36. The monoisotopic (exact) mass is 279 g/mol. The first-order chi connectivity index (χ1) is 9.40. The molecular formula is C17H29NO2. The van der Waals surface area contributed by atoms with Gasteiger partial charge in [0, 0.05) is 12.6 Å². The van der Waals surface area contributed by atoms with Crippen molar-refractivity contribution in [1.82, 2.24) is 5.32 Å². The van der Waals surface area contributed by atoms with E-state index in [4.69, 9.17) is 5.11 Å². The van der Waals surface area contributed by atoms with Crippen molar-refractivity contribution in [3.8, 4) is 0 Å². The standard InChI is InChI=1S/C17H29NO2/c1-5-15(18-11-6-12-19)16(20)13-7-9-14(10-8-13)17(2,3)4/h7-10,15-16,18-20H,5-6,11-12H2,1-4H3. The smallest absolute Gasteiger partial charge is 0.0942 e. The van der Waals surface area contributed by atoms with Crippen molar-refractivity contribution in [3.63, 3.8) is 0 Å². The van der Waals surface area contributed by atoms with Gasteiger partial charge in [-0.3, -0.25) is 0 Å². The molecule has 0 heterocycles. The second-order valence-corrected chi connectivity index (χ2v) is 6.36. The molecule has 3 heteroatoms. The first-order valence-corrected chi connectivity index (χ1v) is 7.53. The van der Waals surface area contributed by atoms with Crippen molar-refractivity contribution in [1.29, 1.82) is 0 Å². The van der Waals surface area contributed by atoms with Gasteiger partial charge >= 0.3 is 0 Å². The Kier molecular flexibility index (Phi) is 6.66. The van der Waals surface area contributed by atoms with E-state index in [2.05, 4.69) is 45.1 Å². The molecule has 1 aromatic rings. The van der Waals surface area contributed by atoms with Gasteiger partial charge in [0.05, 0.1) is 6.10 Å². The Morgan fingerprint density at radius 3 is 2.20 bits per heavy atom. The zero-order valence-corrected chi connectivity index (χ0v) is 13.2. The van der Waals surface area contributed by atoms with Crippen molar-refractivity contribution in [3.05, 3.63) is 35.4 Å². The number of nitrogens with one attached hydrogen (secondary N) is 1. The molecule has 1 rings (SSSR count). The maximum atomic E-state index is 10.4. The van der Waals surface area contributed by atoms with Crippen LogP contribution in [0.2, 0.25) is 0 Å². The molecule has 0 aromatic heterocycles. The molecule has 2 unspecified atom stereocenters. The molecule has 0 fully saturated rings. The average molecular weight is 279 g/mol. The molecule has 3 nitrogen and oxygen atoms in total. The summed E-state index contributed by atoms with van der Waals surface area (Å²) in [6.07, 6.45) is 1.06. The van der Waals surface area contributed by atoms with Gasteiger partial charge in [-0.05, 0) is 35.9 Å². The van der Waals surface area contributed by atoms with Crippen LogP contribution in [0.4, 0.5) is 0 Å². The fourth-order valence-electron chi connectivity index (χ4n) is 2.26. The third-order valence-electron chi connectivity index (χ3n) is 3.68. The van der Waals surface area contributed by atoms with Gasteiger partial charge in [0.1, 0.15) is 0 Å². The summed E-state index contributed by atoms with van der Waals surface area (Å²) in [6.45, 7) is 9.52. The highest BCUT2D eigenvalue weighted by atomic mass is 16.3. The van der Waals surface area contributed by atoms with Gasteiger partial charge in [-0.25, -0.2) is 0 Å². The van der Waals surface area contributed by atoms with E-state index in [1.807, 2.05) is 12.1 Å². The zero-order chi connectivity index (χ0) is 15.2. The lowest BCUT2D eigenvalue weighted by molar-refractivity contribution is 0.124. The molecule has 1 aromatic carbocycles. The molecule has 0 aliphatic rings. The average Bonchev–Trinajstić information content (AvgIpc) is 2.42. The van der Waals surface area contributed by atoms with Crippen LogP contribution in [0.5, 0.6) is 0 Å². The maximum Gasteiger partial charge on any atom is 0.0942 e. The SMILES string of the molecule is CCC(NCCCO)C(O)c1ccc(C(C)(C)C)cc1. The Bertz CT molecular complexity index is 381. The summed E-state index contributed by atoms with van der Waals surface area (Å²) in [4.78, 5) is 0. The third-order valence-corrected chi connectivity index (χ3v) is 3.68. The minimum Gasteiger partial charge on any atom is -0.396 e. The van der Waals surface area contributed by atoms with Crippen LogP contribution in [0.15, 0.2) is 24.3 Å². The zero-order valence-electron chi connectivity index (χ0n) is 13.2. The Hall–Kier alpha value is -0.900. The normalized spacial score (nSPS) is 15.1. The first-order valence-electron chi connectivity index (χ1n) is 7.53. The number of benzene rings is 1. The molecule has 20 heavy (non-hydrogen) atoms. The van der Waals surface area contributed by atoms with E-state index in [0.717, 1.165) is 18.5 Å². The van der Waals surface area contributed by atoms with E-state index in [-0.39, 0.29) is 18.1 Å². The highest BCUT2D eigenvalue weighted by Crippen LogP contribution is 2.25. The highest BCUT2D eigenvalue weighted by molar-refractivity contribution is 5.29. The topological polar surface area (TPSA) is 52.5 Å². The summed E-state index contributed by atoms with van der Waals surface area (Å²) in [5.41, 5.74) is 2.35. The predicted octanol–water partition coefficient (Wildman–Crippen LogP) is 2.77. The quantitative estimate of drug-likeness (QED) is 0.673. The first kappa shape index (κ1) is 17.2. The van der Waals surface area contributed by atoms with Crippen LogP contribution in [-0.4, -0.2) is 29.4 Å². The van der Waals surface area contributed by atoms with Gasteiger partial charge in [-0.2, -0.15) is 0 Å². The van der Waals surface area contributed by atoms with Crippen LogP contribution in [0.3, 0.4) is 0 Å². The van der Waals surface area contributed by atoms with E-state index in [1.165, 1.54) is 5.56 Å². The summed E-state index contributed by atoms with van der Waals surface area (Å²) in [6, 6.07) is 8.25. The lowest BCUT2D eigenvalue weighted by Gasteiger charge is -2.25. The summed E-state index contributed by atoms with van der Waals surface area (Å²) in [5.74, 6) is 0. The van der Waals surface area contributed by atoms with E-state index >= 15 is 0 Å². The fraction of sp³-hybridized carbons (Fsp3) is 0.647. The number of hydrogen-bond donors (Lipinski definition) is 3. The molecular weight excluding hydrogens is 250 g/mol. The van der Waals surface area contributed by atoms with Crippen molar-refractivity contribution >= 4 is 0 Å². The van der Waals surface area contributed by atoms with Crippen LogP contribution >= 0.6 is 0 Å². The van der Waals surface area contributed by atoms with E-state index in [9.17, 15) is 5.11 Å². The van der Waals surface area contributed by atoms with Gasteiger partial charge < -0.3 is 15.5 Å². The Labute approximate surface area is 123 Å².